The van der Waals surface area contributed by atoms with E-state index in [1.54, 1.807) is 7.11 Å². The fourth-order valence-corrected chi connectivity index (χ4v) is 2.55. The van der Waals surface area contributed by atoms with Crippen molar-refractivity contribution >= 4 is 10.9 Å². The summed E-state index contributed by atoms with van der Waals surface area (Å²) < 4.78 is 7.49. The minimum Gasteiger partial charge on any atom is -0.385 e. The summed E-state index contributed by atoms with van der Waals surface area (Å²) in [7, 11) is 1.76. The second-order valence-corrected chi connectivity index (χ2v) is 4.96. The van der Waals surface area contributed by atoms with E-state index in [-0.39, 0.29) is 0 Å². The summed E-state index contributed by atoms with van der Waals surface area (Å²) in [4.78, 5) is 0. The molecule has 3 nitrogen and oxygen atoms in total. The number of aryl methyl sites for hydroxylation is 2. The molecular formula is C16H24N2O. The average Bonchev–Trinajstić information content (AvgIpc) is 2.79. The van der Waals surface area contributed by atoms with Crippen molar-refractivity contribution in [1.82, 2.24) is 4.57 Å². The maximum atomic E-state index is 5.57. The normalized spacial score (nSPS) is 11.3. The van der Waals surface area contributed by atoms with Crippen molar-refractivity contribution < 1.29 is 4.74 Å². The Kier molecular flexibility index (Phi) is 5.43. The number of ether oxygens (including phenoxy) is 1. The molecule has 1 aromatic carbocycles. The molecule has 104 valence electrons. The van der Waals surface area contributed by atoms with Crippen molar-refractivity contribution in [2.24, 2.45) is 5.73 Å². The molecule has 0 atom stereocenters. The molecular weight excluding hydrogens is 236 g/mol. The highest BCUT2D eigenvalue weighted by molar-refractivity contribution is 5.83. The highest BCUT2D eigenvalue weighted by Crippen LogP contribution is 2.23. The van der Waals surface area contributed by atoms with Crippen LogP contribution in [0.4, 0.5) is 0 Å². The van der Waals surface area contributed by atoms with E-state index in [9.17, 15) is 0 Å². The second-order valence-electron chi connectivity index (χ2n) is 4.96. The van der Waals surface area contributed by atoms with Gasteiger partial charge in [-0.3, -0.25) is 0 Å². The topological polar surface area (TPSA) is 40.2 Å². The lowest BCUT2D eigenvalue weighted by Crippen LogP contribution is -2.00. The van der Waals surface area contributed by atoms with E-state index in [4.69, 9.17) is 10.5 Å². The molecule has 0 bridgehead atoms. The van der Waals surface area contributed by atoms with Gasteiger partial charge in [0.25, 0.3) is 0 Å². The zero-order valence-electron chi connectivity index (χ0n) is 11.8. The number of hydrogen-bond acceptors (Lipinski definition) is 2. The highest BCUT2D eigenvalue weighted by atomic mass is 16.5. The van der Waals surface area contributed by atoms with Gasteiger partial charge >= 0.3 is 0 Å². The van der Waals surface area contributed by atoms with Gasteiger partial charge in [-0.25, -0.2) is 0 Å². The first-order valence-corrected chi connectivity index (χ1v) is 7.12. The molecule has 0 unspecified atom stereocenters. The van der Waals surface area contributed by atoms with Crippen molar-refractivity contribution in [2.45, 2.75) is 32.2 Å². The summed E-state index contributed by atoms with van der Waals surface area (Å²) in [6, 6.07) is 8.65. The lowest BCUT2D eigenvalue weighted by Gasteiger charge is -2.04. The zero-order chi connectivity index (χ0) is 13.5. The van der Waals surface area contributed by atoms with Crippen LogP contribution in [0.5, 0.6) is 0 Å². The first kappa shape index (κ1) is 14.1. The van der Waals surface area contributed by atoms with Crippen molar-refractivity contribution in [1.29, 1.82) is 0 Å². The fraction of sp³-hybridized carbons (Fsp3) is 0.500. The molecule has 1 heterocycles. The molecule has 0 radical (unpaired) electrons. The number of fused-ring (bicyclic) bond motifs is 1. The number of aromatic nitrogens is 1. The van der Waals surface area contributed by atoms with Crippen molar-refractivity contribution in [3.8, 4) is 0 Å². The van der Waals surface area contributed by atoms with Gasteiger partial charge in [0.1, 0.15) is 0 Å². The number of nitrogens with two attached hydrogens (primary N) is 1. The molecule has 19 heavy (non-hydrogen) atoms. The third-order valence-corrected chi connectivity index (χ3v) is 3.52. The Bertz CT molecular complexity index is 460. The number of nitrogens with zero attached hydrogens (tertiary/aromatic N) is 1. The van der Waals surface area contributed by atoms with E-state index < -0.39 is 0 Å². The third-order valence-electron chi connectivity index (χ3n) is 3.52. The van der Waals surface area contributed by atoms with Crippen LogP contribution in [0.2, 0.25) is 0 Å². The van der Waals surface area contributed by atoms with Gasteiger partial charge in [-0.05, 0) is 43.9 Å². The highest BCUT2D eigenvalue weighted by Gasteiger charge is 2.07. The molecule has 0 amide bonds. The van der Waals surface area contributed by atoms with Crippen LogP contribution in [0.15, 0.2) is 30.5 Å². The maximum Gasteiger partial charge on any atom is 0.0483 e. The molecule has 0 aliphatic rings. The molecule has 0 saturated heterocycles. The molecule has 2 aromatic rings. The molecule has 0 fully saturated rings. The summed E-state index contributed by atoms with van der Waals surface area (Å²) >= 11 is 0. The minimum absolute atomic E-state index is 0.784. The van der Waals surface area contributed by atoms with Gasteiger partial charge in [0.2, 0.25) is 0 Å². The maximum absolute atomic E-state index is 5.57. The minimum atomic E-state index is 0.784. The van der Waals surface area contributed by atoms with Crippen LogP contribution in [-0.4, -0.2) is 24.8 Å². The number of unbranched alkanes of at least 4 members (excludes halogenated alkanes) is 1. The average molecular weight is 260 g/mol. The number of rotatable bonds is 8. The Morgan fingerprint density at radius 1 is 1.16 bits per heavy atom. The van der Waals surface area contributed by atoms with E-state index in [1.165, 1.54) is 22.9 Å². The van der Waals surface area contributed by atoms with Crippen LogP contribution < -0.4 is 5.73 Å². The van der Waals surface area contributed by atoms with Crippen LogP contribution in [0.25, 0.3) is 10.9 Å². The Balaban J connectivity index is 2.16. The van der Waals surface area contributed by atoms with E-state index in [0.717, 1.165) is 39.0 Å². The van der Waals surface area contributed by atoms with Crippen molar-refractivity contribution in [3.63, 3.8) is 0 Å². The fourth-order valence-electron chi connectivity index (χ4n) is 2.55. The summed E-state index contributed by atoms with van der Waals surface area (Å²) in [6.07, 6.45) is 6.75. The summed E-state index contributed by atoms with van der Waals surface area (Å²) in [6.45, 7) is 2.62. The molecule has 0 saturated carbocycles. The second kappa shape index (κ2) is 7.31. The first-order valence-electron chi connectivity index (χ1n) is 7.12. The Labute approximate surface area is 115 Å². The molecule has 2 N–H and O–H groups in total. The lowest BCUT2D eigenvalue weighted by molar-refractivity contribution is 0.190. The molecule has 0 aliphatic carbocycles. The zero-order valence-corrected chi connectivity index (χ0v) is 11.8. The van der Waals surface area contributed by atoms with Gasteiger partial charge < -0.3 is 15.0 Å². The summed E-state index contributed by atoms with van der Waals surface area (Å²) in [5.74, 6) is 0. The van der Waals surface area contributed by atoms with Crippen molar-refractivity contribution in [3.05, 3.63) is 36.0 Å². The van der Waals surface area contributed by atoms with Gasteiger partial charge in [-0.15, -0.1) is 0 Å². The monoisotopic (exact) mass is 260 g/mol. The smallest absolute Gasteiger partial charge is 0.0483 e. The van der Waals surface area contributed by atoms with Crippen LogP contribution >= 0.6 is 0 Å². The molecule has 3 heteroatoms. The quantitative estimate of drug-likeness (QED) is 0.741. The standard InChI is InChI=1S/C16H24N2O/c1-19-12-6-11-18-13-14(7-4-5-10-17)15-8-2-3-9-16(15)18/h2-3,8-9,13H,4-7,10-12,17H2,1H3. The first-order chi connectivity index (χ1) is 9.36. The van der Waals surface area contributed by atoms with Gasteiger partial charge in [0, 0.05) is 37.4 Å². The van der Waals surface area contributed by atoms with E-state index in [0.29, 0.717) is 0 Å². The molecule has 2 rings (SSSR count). The lowest BCUT2D eigenvalue weighted by atomic mass is 10.1. The molecule has 0 spiro atoms. The summed E-state index contributed by atoms with van der Waals surface area (Å²) in [5.41, 5.74) is 8.35. The van der Waals surface area contributed by atoms with Gasteiger partial charge in [-0.2, -0.15) is 0 Å². The summed E-state index contributed by atoms with van der Waals surface area (Å²) in [5, 5.41) is 1.39. The number of hydrogen-bond donors (Lipinski definition) is 1. The largest absolute Gasteiger partial charge is 0.385 e. The van der Waals surface area contributed by atoms with E-state index in [1.807, 2.05) is 0 Å². The third kappa shape index (κ3) is 3.58. The van der Waals surface area contributed by atoms with Crippen LogP contribution in [-0.2, 0) is 17.7 Å². The predicted molar refractivity (Wildman–Crippen MR) is 80.4 cm³/mol. The van der Waals surface area contributed by atoms with Gasteiger partial charge in [0.05, 0.1) is 0 Å². The van der Waals surface area contributed by atoms with Crippen LogP contribution in [0, 0.1) is 0 Å². The predicted octanol–water partition coefficient (Wildman–Crippen LogP) is 2.96. The van der Waals surface area contributed by atoms with Gasteiger partial charge in [0.15, 0.2) is 0 Å². The molecule has 1 aromatic heterocycles. The Morgan fingerprint density at radius 2 is 2.00 bits per heavy atom. The SMILES string of the molecule is COCCCn1cc(CCCCN)c2ccccc21. The number of benzene rings is 1. The van der Waals surface area contributed by atoms with Crippen molar-refractivity contribution in [2.75, 3.05) is 20.3 Å². The van der Waals surface area contributed by atoms with Crippen LogP contribution in [0.3, 0.4) is 0 Å². The van der Waals surface area contributed by atoms with Crippen LogP contribution in [0.1, 0.15) is 24.8 Å². The Hall–Kier alpha value is -1.32. The number of methoxy groups -OCH3 is 1. The molecule has 0 aliphatic heterocycles. The van der Waals surface area contributed by atoms with E-state index >= 15 is 0 Å². The van der Waals surface area contributed by atoms with Gasteiger partial charge in [-0.1, -0.05) is 18.2 Å². The van der Waals surface area contributed by atoms with E-state index in [2.05, 4.69) is 35.0 Å². The number of para-hydroxylation sites is 1. The Morgan fingerprint density at radius 3 is 2.79 bits per heavy atom.